The van der Waals surface area contributed by atoms with Gasteiger partial charge in [-0.3, -0.25) is 4.57 Å². The second kappa shape index (κ2) is 4.26. The molecule has 0 saturated carbocycles. The fourth-order valence-corrected chi connectivity index (χ4v) is 2.18. The lowest BCUT2D eigenvalue weighted by Gasteiger charge is -2.10. The largest absolute Gasteiger partial charge is 0.369 e. The van der Waals surface area contributed by atoms with Gasteiger partial charge in [-0.2, -0.15) is 0 Å². The Morgan fingerprint density at radius 2 is 1.85 bits per heavy atom. The molecule has 102 valence electrons. The number of anilines is 1. The Labute approximate surface area is 113 Å². The van der Waals surface area contributed by atoms with Crippen LogP contribution in [-0.2, 0) is 0 Å². The summed E-state index contributed by atoms with van der Waals surface area (Å²) in [6, 6.07) is 4.35. The Morgan fingerprint density at radius 3 is 2.60 bits per heavy atom. The summed E-state index contributed by atoms with van der Waals surface area (Å²) in [6.45, 7) is 3.40. The van der Waals surface area contributed by atoms with Crippen LogP contribution in [0.1, 0.15) is 11.1 Å². The molecule has 2 heterocycles. The van der Waals surface area contributed by atoms with E-state index in [-0.39, 0.29) is 11.6 Å². The van der Waals surface area contributed by atoms with Crippen molar-refractivity contribution in [3.63, 3.8) is 0 Å². The number of hydrogen-bond acceptors (Lipinski definition) is 3. The molecule has 6 heteroatoms. The lowest BCUT2D eigenvalue weighted by Crippen LogP contribution is -2.07. The van der Waals surface area contributed by atoms with Gasteiger partial charge in [0.2, 0.25) is 5.95 Å². The van der Waals surface area contributed by atoms with Crippen molar-refractivity contribution < 1.29 is 8.78 Å². The third kappa shape index (κ3) is 1.65. The van der Waals surface area contributed by atoms with E-state index in [0.29, 0.717) is 16.7 Å². The fraction of sp³-hybridized carbons (Fsp3) is 0.143. The number of pyridine rings is 1. The smallest absolute Gasteiger partial charge is 0.207 e. The van der Waals surface area contributed by atoms with Crippen LogP contribution in [-0.4, -0.2) is 14.5 Å². The molecule has 0 amide bonds. The van der Waals surface area contributed by atoms with Gasteiger partial charge in [0.15, 0.2) is 11.5 Å². The summed E-state index contributed by atoms with van der Waals surface area (Å²) < 4.78 is 29.5. The van der Waals surface area contributed by atoms with Crippen LogP contribution in [0.2, 0.25) is 0 Å². The third-order valence-electron chi connectivity index (χ3n) is 3.26. The second-order valence-corrected chi connectivity index (χ2v) is 4.63. The summed E-state index contributed by atoms with van der Waals surface area (Å²) in [7, 11) is 0. The van der Waals surface area contributed by atoms with Gasteiger partial charge < -0.3 is 5.73 Å². The van der Waals surface area contributed by atoms with Gasteiger partial charge in [-0.25, -0.2) is 18.7 Å². The Bertz CT molecular complexity index is 824. The van der Waals surface area contributed by atoms with Crippen molar-refractivity contribution in [1.29, 1.82) is 0 Å². The molecule has 20 heavy (non-hydrogen) atoms. The van der Waals surface area contributed by atoms with Crippen LogP contribution >= 0.6 is 0 Å². The first kappa shape index (κ1) is 12.5. The van der Waals surface area contributed by atoms with Gasteiger partial charge in [0.05, 0.1) is 0 Å². The summed E-state index contributed by atoms with van der Waals surface area (Å²) in [4.78, 5) is 8.28. The van der Waals surface area contributed by atoms with E-state index in [1.54, 1.807) is 19.2 Å². The molecule has 1 aromatic carbocycles. The van der Waals surface area contributed by atoms with Gasteiger partial charge in [-0.15, -0.1) is 0 Å². The molecule has 2 aromatic heterocycles. The van der Waals surface area contributed by atoms with E-state index in [1.165, 1.54) is 16.7 Å². The minimum absolute atomic E-state index is 0.00481. The zero-order valence-corrected chi connectivity index (χ0v) is 11.0. The van der Waals surface area contributed by atoms with E-state index in [4.69, 9.17) is 5.73 Å². The zero-order chi connectivity index (χ0) is 14.4. The summed E-state index contributed by atoms with van der Waals surface area (Å²) >= 11 is 0. The van der Waals surface area contributed by atoms with E-state index < -0.39 is 11.6 Å². The van der Waals surface area contributed by atoms with E-state index in [1.807, 2.05) is 6.92 Å². The maximum atomic E-state index is 14.3. The number of aromatic nitrogens is 3. The summed E-state index contributed by atoms with van der Waals surface area (Å²) in [5, 5.41) is 0. The molecule has 0 atom stereocenters. The highest BCUT2D eigenvalue weighted by molar-refractivity contribution is 5.80. The van der Waals surface area contributed by atoms with Gasteiger partial charge in [-0.1, -0.05) is 6.07 Å². The first-order valence-corrected chi connectivity index (χ1v) is 6.05. The van der Waals surface area contributed by atoms with Crippen molar-refractivity contribution in [2.45, 2.75) is 13.8 Å². The van der Waals surface area contributed by atoms with Crippen molar-refractivity contribution in [2.75, 3.05) is 5.73 Å². The van der Waals surface area contributed by atoms with Crippen LogP contribution < -0.4 is 5.73 Å². The molecule has 0 spiro atoms. The molecule has 0 aliphatic rings. The van der Waals surface area contributed by atoms with Gasteiger partial charge >= 0.3 is 0 Å². The van der Waals surface area contributed by atoms with Crippen molar-refractivity contribution in [3.8, 4) is 5.69 Å². The van der Waals surface area contributed by atoms with Crippen molar-refractivity contribution in [1.82, 2.24) is 14.5 Å². The summed E-state index contributed by atoms with van der Waals surface area (Å²) in [6.07, 6.45) is 1.56. The maximum absolute atomic E-state index is 14.3. The Morgan fingerprint density at radius 1 is 1.10 bits per heavy atom. The van der Waals surface area contributed by atoms with Crippen LogP contribution in [0.25, 0.3) is 16.9 Å². The number of fused-ring (bicyclic) bond motifs is 1. The normalized spacial score (nSPS) is 11.2. The summed E-state index contributed by atoms with van der Waals surface area (Å²) in [5.74, 6) is -1.37. The topological polar surface area (TPSA) is 56.7 Å². The first-order chi connectivity index (χ1) is 9.50. The second-order valence-electron chi connectivity index (χ2n) is 4.63. The van der Waals surface area contributed by atoms with Gasteiger partial charge in [0.1, 0.15) is 17.0 Å². The number of imidazole rings is 1. The van der Waals surface area contributed by atoms with Crippen molar-refractivity contribution in [3.05, 3.63) is 47.2 Å². The van der Waals surface area contributed by atoms with Gasteiger partial charge in [0, 0.05) is 6.20 Å². The SMILES string of the molecule is Cc1ccc(F)c(-n2c(N)nc3c(C)ccnc32)c1F. The van der Waals surface area contributed by atoms with Crippen LogP contribution in [0.5, 0.6) is 0 Å². The standard InChI is InChI=1S/C14H12F2N4/c1-7-3-4-9(15)12(10(7)16)20-13-11(19-14(20)17)8(2)5-6-18-13/h3-6H,1-2H3,(H2,17,19). The Hall–Kier alpha value is -2.50. The molecule has 0 saturated heterocycles. The van der Waals surface area contributed by atoms with E-state index in [2.05, 4.69) is 9.97 Å². The highest BCUT2D eigenvalue weighted by Crippen LogP contribution is 2.28. The van der Waals surface area contributed by atoms with E-state index in [0.717, 1.165) is 5.56 Å². The number of rotatable bonds is 1. The van der Waals surface area contributed by atoms with E-state index >= 15 is 0 Å². The van der Waals surface area contributed by atoms with Crippen molar-refractivity contribution >= 4 is 17.1 Å². The predicted octanol–water partition coefficient (Wildman–Crippen LogP) is 2.90. The molecular formula is C14H12F2N4. The third-order valence-corrected chi connectivity index (χ3v) is 3.26. The van der Waals surface area contributed by atoms with Crippen LogP contribution in [0.4, 0.5) is 14.7 Å². The number of nitrogens with two attached hydrogens (primary N) is 1. The first-order valence-electron chi connectivity index (χ1n) is 6.05. The van der Waals surface area contributed by atoms with Crippen LogP contribution in [0.15, 0.2) is 24.4 Å². The molecule has 2 N–H and O–H groups in total. The number of nitrogen functional groups attached to an aromatic ring is 1. The Balaban J connectivity index is 2.45. The number of aryl methyl sites for hydroxylation is 2. The van der Waals surface area contributed by atoms with Gasteiger partial charge in [0.25, 0.3) is 0 Å². The number of nitrogens with zero attached hydrogens (tertiary/aromatic N) is 3. The molecule has 0 unspecified atom stereocenters. The van der Waals surface area contributed by atoms with E-state index in [9.17, 15) is 8.78 Å². The minimum atomic E-state index is -0.706. The number of benzene rings is 1. The minimum Gasteiger partial charge on any atom is -0.369 e. The highest BCUT2D eigenvalue weighted by atomic mass is 19.1. The zero-order valence-electron chi connectivity index (χ0n) is 11.0. The molecule has 0 radical (unpaired) electrons. The van der Waals surface area contributed by atoms with Gasteiger partial charge in [-0.05, 0) is 37.1 Å². The highest BCUT2D eigenvalue weighted by Gasteiger charge is 2.20. The fourth-order valence-electron chi connectivity index (χ4n) is 2.18. The lowest BCUT2D eigenvalue weighted by molar-refractivity contribution is 0.566. The maximum Gasteiger partial charge on any atom is 0.207 e. The molecule has 0 aliphatic carbocycles. The van der Waals surface area contributed by atoms with Crippen LogP contribution in [0.3, 0.4) is 0 Å². The molecule has 3 aromatic rings. The lowest BCUT2D eigenvalue weighted by atomic mass is 10.2. The number of hydrogen-bond donors (Lipinski definition) is 1. The molecule has 0 bridgehead atoms. The van der Waals surface area contributed by atoms with Crippen LogP contribution in [0, 0.1) is 25.5 Å². The molecule has 4 nitrogen and oxygen atoms in total. The average Bonchev–Trinajstić information content (AvgIpc) is 2.74. The van der Waals surface area contributed by atoms with Crippen molar-refractivity contribution in [2.24, 2.45) is 0 Å². The average molecular weight is 274 g/mol. The monoisotopic (exact) mass is 274 g/mol. The quantitative estimate of drug-likeness (QED) is 0.742. The predicted molar refractivity (Wildman–Crippen MR) is 72.7 cm³/mol. The molecular weight excluding hydrogens is 262 g/mol. The molecule has 0 fully saturated rings. The summed E-state index contributed by atoms with van der Waals surface area (Å²) in [5.41, 5.74) is 7.62. The number of halogens is 2. The Kier molecular flexibility index (Phi) is 2.67. The molecule has 0 aliphatic heterocycles. The molecule has 3 rings (SSSR count).